The lowest BCUT2D eigenvalue weighted by Crippen LogP contribution is -2.03. The molecule has 0 amide bonds. The van der Waals surface area contributed by atoms with Gasteiger partial charge in [-0.3, -0.25) is 14.7 Å². The molecule has 0 aliphatic carbocycles. The second kappa shape index (κ2) is 7.84. The fraction of sp³-hybridized carbons (Fsp3) is 0.250. The second-order valence-corrected chi connectivity index (χ2v) is 6.04. The van der Waals surface area contributed by atoms with Crippen LogP contribution in [0.4, 0.5) is 5.69 Å². The van der Waals surface area contributed by atoms with Crippen LogP contribution in [0.2, 0.25) is 0 Å². The summed E-state index contributed by atoms with van der Waals surface area (Å²) in [5.41, 5.74) is 0.0129. The van der Waals surface area contributed by atoms with Crippen molar-refractivity contribution in [1.29, 1.82) is 0 Å². The van der Waals surface area contributed by atoms with E-state index in [-0.39, 0.29) is 5.69 Å². The summed E-state index contributed by atoms with van der Waals surface area (Å²) in [4.78, 5) is 10.3. The quantitative estimate of drug-likeness (QED) is 0.262. The Morgan fingerprint density at radius 1 is 1.32 bits per heavy atom. The number of benzene rings is 1. The van der Waals surface area contributed by atoms with Crippen LogP contribution in [0.3, 0.4) is 0 Å². The molecule has 0 aliphatic rings. The van der Waals surface area contributed by atoms with Crippen molar-refractivity contribution >= 4 is 17.4 Å². The molecule has 25 heavy (non-hydrogen) atoms. The summed E-state index contributed by atoms with van der Waals surface area (Å²) >= 11 is 1.51. The van der Waals surface area contributed by atoms with Gasteiger partial charge in [0.15, 0.2) is 16.7 Å². The third-order valence-electron chi connectivity index (χ3n) is 3.39. The summed E-state index contributed by atoms with van der Waals surface area (Å²) in [5, 5.41) is 19.9. The molecule has 0 saturated heterocycles. The van der Waals surface area contributed by atoms with E-state index < -0.39 is 4.92 Å². The monoisotopic (exact) mass is 360 g/mol. The number of rotatable bonds is 8. The number of aromatic nitrogens is 3. The van der Waals surface area contributed by atoms with Crippen molar-refractivity contribution in [3.63, 3.8) is 0 Å². The fourth-order valence-electron chi connectivity index (χ4n) is 2.25. The molecule has 2 aromatic heterocycles. The van der Waals surface area contributed by atoms with Gasteiger partial charge < -0.3 is 9.15 Å². The van der Waals surface area contributed by atoms with Crippen molar-refractivity contribution in [2.75, 3.05) is 12.4 Å². The van der Waals surface area contributed by atoms with Crippen LogP contribution in [-0.4, -0.2) is 32.0 Å². The Morgan fingerprint density at radius 2 is 2.20 bits per heavy atom. The molecule has 1 aromatic carbocycles. The first-order chi connectivity index (χ1) is 12.2. The van der Waals surface area contributed by atoms with Gasteiger partial charge in [0.05, 0.1) is 23.9 Å². The molecule has 130 valence electrons. The Bertz CT molecular complexity index is 848. The van der Waals surface area contributed by atoms with E-state index >= 15 is 0 Å². The summed E-state index contributed by atoms with van der Waals surface area (Å²) in [6.07, 6.45) is 1.60. The van der Waals surface area contributed by atoms with Crippen LogP contribution in [0.1, 0.15) is 6.92 Å². The summed E-state index contributed by atoms with van der Waals surface area (Å²) < 4.78 is 12.9. The highest BCUT2D eigenvalue weighted by Gasteiger charge is 2.15. The van der Waals surface area contributed by atoms with E-state index in [0.29, 0.717) is 29.7 Å². The highest BCUT2D eigenvalue weighted by Crippen LogP contribution is 2.24. The Kier molecular flexibility index (Phi) is 5.34. The van der Waals surface area contributed by atoms with Crippen molar-refractivity contribution in [1.82, 2.24) is 14.8 Å². The first-order valence-corrected chi connectivity index (χ1v) is 8.64. The van der Waals surface area contributed by atoms with Crippen molar-refractivity contribution in [2.45, 2.75) is 18.6 Å². The van der Waals surface area contributed by atoms with Gasteiger partial charge >= 0.3 is 0 Å². The van der Waals surface area contributed by atoms with Crippen molar-refractivity contribution in [3.8, 4) is 17.3 Å². The van der Waals surface area contributed by atoms with Gasteiger partial charge in [0.1, 0.15) is 5.75 Å². The Balaban J connectivity index is 1.58. The van der Waals surface area contributed by atoms with Crippen molar-refractivity contribution < 1.29 is 14.1 Å². The lowest BCUT2D eigenvalue weighted by Gasteiger charge is -2.07. The number of thioether (sulfide) groups is 1. The van der Waals surface area contributed by atoms with Crippen LogP contribution in [0.5, 0.6) is 5.75 Å². The Labute approximate surface area is 148 Å². The molecule has 8 nitrogen and oxygen atoms in total. The lowest BCUT2D eigenvalue weighted by atomic mass is 10.3. The molecule has 0 fully saturated rings. The molecule has 0 N–H and O–H groups in total. The molecular formula is C16H16N4O4S. The minimum atomic E-state index is -0.443. The number of nitrogens with zero attached hydrogens (tertiary/aromatic N) is 4. The summed E-state index contributed by atoms with van der Waals surface area (Å²) in [7, 11) is 0. The smallest absolute Gasteiger partial charge is 0.273 e. The van der Waals surface area contributed by atoms with Gasteiger partial charge in [-0.2, -0.15) is 0 Å². The standard InChI is InChI=1S/C16H16N4O4S/c1-2-19-15(14-7-4-8-24-14)17-18-16(19)25-10-9-23-13-6-3-5-12(11-13)20(21)22/h3-8,11H,2,9-10H2,1H3. The maximum Gasteiger partial charge on any atom is 0.273 e. The average molecular weight is 360 g/mol. The molecule has 0 spiro atoms. The zero-order valence-electron chi connectivity index (χ0n) is 13.5. The van der Waals surface area contributed by atoms with E-state index in [1.165, 1.54) is 23.9 Å². The lowest BCUT2D eigenvalue weighted by molar-refractivity contribution is -0.384. The first kappa shape index (κ1) is 17.0. The number of non-ortho nitro benzene ring substituents is 1. The third-order valence-corrected chi connectivity index (χ3v) is 4.32. The van der Waals surface area contributed by atoms with Gasteiger partial charge in [-0.25, -0.2) is 0 Å². The van der Waals surface area contributed by atoms with Gasteiger partial charge in [-0.1, -0.05) is 17.8 Å². The number of furan rings is 1. The van der Waals surface area contributed by atoms with E-state index in [4.69, 9.17) is 9.15 Å². The molecule has 2 heterocycles. The SMILES string of the molecule is CCn1c(SCCOc2cccc([N+](=O)[O-])c2)nnc1-c1ccco1. The van der Waals surface area contributed by atoms with Crippen LogP contribution < -0.4 is 4.74 Å². The molecule has 0 unspecified atom stereocenters. The Hall–Kier alpha value is -2.81. The molecule has 3 rings (SSSR count). The van der Waals surface area contributed by atoms with Crippen molar-refractivity contribution in [3.05, 3.63) is 52.8 Å². The van der Waals surface area contributed by atoms with Crippen molar-refractivity contribution in [2.24, 2.45) is 0 Å². The maximum atomic E-state index is 10.8. The molecule has 3 aromatic rings. The number of nitro groups is 1. The molecule has 0 aliphatic heterocycles. The van der Waals surface area contributed by atoms with Gasteiger partial charge in [0.2, 0.25) is 0 Å². The number of nitro benzene ring substituents is 1. The first-order valence-electron chi connectivity index (χ1n) is 7.66. The molecular weight excluding hydrogens is 344 g/mol. The van der Waals surface area contributed by atoms with E-state index in [0.717, 1.165) is 11.7 Å². The minimum Gasteiger partial charge on any atom is -0.492 e. The molecule has 0 atom stereocenters. The van der Waals surface area contributed by atoms with Crippen LogP contribution in [0.15, 0.2) is 52.2 Å². The fourth-order valence-corrected chi connectivity index (χ4v) is 3.07. The molecule has 9 heteroatoms. The van der Waals surface area contributed by atoms with E-state index in [1.807, 2.05) is 23.6 Å². The minimum absolute atomic E-state index is 0.0129. The third kappa shape index (κ3) is 4.00. The van der Waals surface area contributed by atoms with E-state index in [1.54, 1.807) is 18.4 Å². The van der Waals surface area contributed by atoms with Crippen LogP contribution >= 0.6 is 11.8 Å². The van der Waals surface area contributed by atoms with E-state index in [2.05, 4.69) is 10.2 Å². The normalized spacial score (nSPS) is 10.8. The Morgan fingerprint density at radius 3 is 2.92 bits per heavy atom. The molecule has 0 radical (unpaired) electrons. The van der Waals surface area contributed by atoms with E-state index in [9.17, 15) is 10.1 Å². The second-order valence-electron chi connectivity index (χ2n) is 4.98. The number of hydrogen-bond donors (Lipinski definition) is 0. The van der Waals surface area contributed by atoms with Crippen LogP contribution in [0, 0.1) is 10.1 Å². The van der Waals surface area contributed by atoms with Gasteiger partial charge in [-0.15, -0.1) is 10.2 Å². The van der Waals surface area contributed by atoms with Crippen LogP contribution in [0.25, 0.3) is 11.6 Å². The molecule has 0 bridgehead atoms. The van der Waals surface area contributed by atoms with Gasteiger partial charge in [0, 0.05) is 18.4 Å². The predicted octanol–water partition coefficient (Wildman–Crippen LogP) is 3.64. The predicted molar refractivity (Wildman–Crippen MR) is 92.7 cm³/mol. The number of ether oxygens (including phenoxy) is 1. The zero-order chi connectivity index (χ0) is 17.6. The largest absolute Gasteiger partial charge is 0.492 e. The highest BCUT2D eigenvalue weighted by atomic mass is 32.2. The summed E-state index contributed by atoms with van der Waals surface area (Å²) in [5.74, 6) is 2.48. The van der Waals surface area contributed by atoms with Gasteiger partial charge in [-0.05, 0) is 25.1 Å². The van der Waals surface area contributed by atoms with Crippen LogP contribution in [-0.2, 0) is 6.54 Å². The zero-order valence-corrected chi connectivity index (χ0v) is 14.3. The molecule has 0 saturated carbocycles. The average Bonchev–Trinajstić information content (AvgIpc) is 3.28. The van der Waals surface area contributed by atoms with Gasteiger partial charge in [0.25, 0.3) is 5.69 Å². The number of hydrogen-bond acceptors (Lipinski definition) is 7. The summed E-state index contributed by atoms with van der Waals surface area (Å²) in [6.45, 7) is 3.13. The highest BCUT2D eigenvalue weighted by molar-refractivity contribution is 7.99. The summed E-state index contributed by atoms with van der Waals surface area (Å²) in [6, 6.07) is 9.79. The topological polar surface area (TPSA) is 96.2 Å². The maximum absolute atomic E-state index is 10.8.